The molecule has 0 spiro atoms. The lowest BCUT2D eigenvalue weighted by atomic mass is 10.1. The predicted molar refractivity (Wildman–Crippen MR) is 77.1 cm³/mol. The standard InChI is InChI=1S/C14H12F2N2O2S/c15-9-1-6-12(13(16)7-9)14(17)8-21-11-4-2-10(3-5-11)18(19)20/h1-7,14H,8,17H2. The van der Waals surface area contributed by atoms with Gasteiger partial charge in [0, 0.05) is 40.5 Å². The summed E-state index contributed by atoms with van der Waals surface area (Å²) in [5, 5.41) is 10.5. The Morgan fingerprint density at radius 3 is 2.43 bits per heavy atom. The van der Waals surface area contributed by atoms with E-state index < -0.39 is 22.6 Å². The molecule has 2 N–H and O–H groups in total. The first-order valence-electron chi connectivity index (χ1n) is 6.05. The first-order chi connectivity index (χ1) is 9.97. The molecule has 4 nitrogen and oxygen atoms in total. The van der Waals surface area contributed by atoms with Gasteiger partial charge in [0.2, 0.25) is 0 Å². The van der Waals surface area contributed by atoms with Crippen molar-refractivity contribution in [2.75, 3.05) is 5.75 Å². The number of hydrogen-bond donors (Lipinski definition) is 1. The van der Waals surface area contributed by atoms with Gasteiger partial charge in [-0.25, -0.2) is 8.78 Å². The summed E-state index contributed by atoms with van der Waals surface area (Å²) in [6.07, 6.45) is 0. The average molecular weight is 310 g/mol. The van der Waals surface area contributed by atoms with E-state index in [9.17, 15) is 18.9 Å². The fourth-order valence-electron chi connectivity index (χ4n) is 1.74. The molecule has 0 aliphatic carbocycles. The SMILES string of the molecule is NC(CSc1ccc([N+](=O)[O-])cc1)c1ccc(F)cc1F. The summed E-state index contributed by atoms with van der Waals surface area (Å²) in [5.41, 5.74) is 6.13. The molecule has 0 saturated carbocycles. The molecule has 0 saturated heterocycles. The maximum absolute atomic E-state index is 13.6. The van der Waals surface area contributed by atoms with E-state index in [-0.39, 0.29) is 11.3 Å². The number of non-ortho nitro benzene ring substituents is 1. The minimum Gasteiger partial charge on any atom is -0.323 e. The van der Waals surface area contributed by atoms with Crippen LogP contribution in [0.5, 0.6) is 0 Å². The summed E-state index contributed by atoms with van der Waals surface area (Å²) in [6, 6.07) is 8.70. The van der Waals surface area contributed by atoms with Crippen LogP contribution in [0, 0.1) is 21.7 Å². The van der Waals surface area contributed by atoms with Crippen molar-refractivity contribution in [3.05, 3.63) is 69.8 Å². The number of nitrogens with two attached hydrogens (primary N) is 1. The monoisotopic (exact) mass is 310 g/mol. The zero-order valence-electron chi connectivity index (χ0n) is 10.8. The first kappa shape index (κ1) is 15.4. The average Bonchev–Trinajstić information content (AvgIpc) is 2.45. The quantitative estimate of drug-likeness (QED) is 0.520. The van der Waals surface area contributed by atoms with Crippen LogP contribution in [0.4, 0.5) is 14.5 Å². The van der Waals surface area contributed by atoms with Crippen LogP contribution in [-0.4, -0.2) is 10.7 Å². The van der Waals surface area contributed by atoms with Crippen molar-refractivity contribution < 1.29 is 13.7 Å². The molecule has 0 aliphatic rings. The van der Waals surface area contributed by atoms with E-state index in [2.05, 4.69) is 0 Å². The second-order valence-electron chi connectivity index (χ2n) is 4.33. The van der Waals surface area contributed by atoms with Crippen molar-refractivity contribution in [2.24, 2.45) is 5.73 Å². The van der Waals surface area contributed by atoms with Crippen LogP contribution in [0.25, 0.3) is 0 Å². The van der Waals surface area contributed by atoms with Crippen LogP contribution >= 0.6 is 11.8 Å². The van der Waals surface area contributed by atoms with Crippen LogP contribution in [0.15, 0.2) is 47.4 Å². The minimum absolute atomic E-state index is 0.00762. The van der Waals surface area contributed by atoms with Crippen molar-refractivity contribution in [1.29, 1.82) is 0 Å². The number of halogens is 2. The summed E-state index contributed by atoms with van der Waals surface area (Å²) in [6.45, 7) is 0. The molecule has 0 amide bonds. The van der Waals surface area contributed by atoms with Gasteiger partial charge in [0.1, 0.15) is 11.6 Å². The highest BCUT2D eigenvalue weighted by Gasteiger charge is 2.13. The van der Waals surface area contributed by atoms with Gasteiger partial charge in [-0.1, -0.05) is 6.07 Å². The molecular weight excluding hydrogens is 298 g/mol. The maximum atomic E-state index is 13.6. The Labute approximate surface area is 124 Å². The van der Waals surface area contributed by atoms with Gasteiger partial charge in [-0.3, -0.25) is 10.1 Å². The van der Waals surface area contributed by atoms with Crippen LogP contribution in [0.1, 0.15) is 11.6 Å². The second kappa shape index (κ2) is 6.64. The van der Waals surface area contributed by atoms with Gasteiger partial charge < -0.3 is 5.73 Å². The normalized spacial score (nSPS) is 12.1. The van der Waals surface area contributed by atoms with Gasteiger partial charge in [0.25, 0.3) is 5.69 Å². The molecule has 1 atom stereocenters. The molecule has 21 heavy (non-hydrogen) atoms. The molecular formula is C14H12F2N2O2S. The van der Waals surface area contributed by atoms with Crippen LogP contribution < -0.4 is 5.73 Å². The highest BCUT2D eigenvalue weighted by atomic mass is 32.2. The Bertz CT molecular complexity index is 650. The molecule has 0 fully saturated rings. The van der Waals surface area contributed by atoms with E-state index in [1.165, 1.54) is 30.0 Å². The first-order valence-corrected chi connectivity index (χ1v) is 7.03. The molecule has 1 unspecified atom stereocenters. The van der Waals surface area contributed by atoms with E-state index in [1.54, 1.807) is 12.1 Å². The number of nitro benzene ring substituents is 1. The molecule has 2 aromatic rings. The molecule has 0 heterocycles. The highest BCUT2D eigenvalue weighted by molar-refractivity contribution is 7.99. The molecule has 2 rings (SSSR count). The van der Waals surface area contributed by atoms with Crippen LogP contribution in [-0.2, 0) is 0 Å². The van der Waals surface area contributed by atoms with Gasteiger partial charge in [0.05, 0.1) is 4.92 Å². The third-order valence-corrected chi connectivity index (χ3v) is 3.97. The zero-order valence-corrected chi connectivity index (χ0v) is 11.6. The van der Waals surface area contributed by atoms with Crippen LogP contribution in [0.2, 0.25) is 0 Å². The predicted octanol–water partition coefficient (Wildman–Crippen LogP) is 3.67. The number of nitro groups is 1. The van der Waals surface area contributed by atoms with Gasteiger partial charge in [-0.2, -0.15) is 0 Å². The smallest absolute Gasteiger partial charge is 0.269 e. The molecule has 0 bridgehead atoms. The molecule has 0 aliphatic heterocycles. The van der Waals surface area contributed by atoms with Crippen LogP contribution in [0.3, 0.4) is 0 Å². The third-order valence-electron chi connectivity index (χ3n) is 2.84. The molecule has 110 valence electrons. The van der Waals surface area contributed by atoms with Gasteiger partial charge in [-0.15, -0.1) is 11.8 Å². The number of hydrogen-bond acceptors (Lipinski definition) is 4. The van der Waals surface area contributed by atoms with Crippen molar-refractivity contribution in [2.45, 2.75) is 10.9 Å². The fourth-order valence-corrected chi connectivity index (χ4v) is 2.62. The topological polar surface area (TPSA) is 69.2 Å². The molecule has 0 radical (unpaired) electrons. The summed E-state index contributed by atoms with van der Waals surface area (Å²) in [5.74, 6) is -0.946. The number of thioether (sulfide) groups is 1. The Hall–Kier alpha value is -1.99. The van der Waals surface area contributed by atoms with Crippen molar-refractivity contribution in [3.63, 3.8) is 0 Å². The van der Waals surface area contributed by atoms with Gasteiger partial charge >= 0.3 is 0 Å². The van der Waals surface area contributed by atoms with Gasteiger partial charge in [0.15, 0.2) is 0 Å². The third kappa shape index (κ3) is 3.99. The lowest BCUT2D eigenvalue weighted by Gasteiger charge is -2.12. The van der Waals surface area contributed by atoms with Crippen molar-refractivity contribution in [3.8, 4) is 0 Å². The Balaban J connectivity index is 2.00. The Kier molecular flexibility index (Phi) is 4.87. The second-order valence-corrected chi connectivity index (χ2v) is 5.43. The summed E-state index contributed by atoms with van der Waals surface area (Å²) >= 11 is 1.35. The summed E-state index contributed by atoms with van der Waals surface area (Å²) < 4.78 is 26.4. The van der Waals surface area contributed by atoms with E-state index in [4.69, 9.17) is 5.73 Å². The van der Waals surface area contributed by atoms with E-state index in [0.717, 1.165) is 17.0 Å². The van der Waals surface area contributed by atoms with E-state index >= 15 is 0 Å². The molecule has 7 heteroatoms. The zero-order chi connectivity index (χ0) is 15.4. The lowest BCUT2D eigenvalue weighted by molar-refractivity contribution is -0.384. The van der Waals surface area contributed by atoms with E-state index in [1.807, 2.05) is 0 Å². The Morgan fingerprint density at radius 2 is 1.86 bits per heavy atom. The highest BCUT2D eigenvalue weighted by Crippen LogP contribution is 2.26. The largest absolute Gasteiger partial charge is 0.323 e. The number of rotatable bonds is 5. The summed E-state index contributed by atoms with van der Waals surface area (Å²) in [7, 11) is 0. The van der Waals surface area contributed by atoms with E-state index in [0.29, 0.717) is 5.75 Å². The minimum atomic E-state index is -0.674. The molecule has 0 aromatic heterocycles. The fraction of sp³-hybridized carbons (Fsp3) is 0.143. The Morgan fingerprint density at radius 1 is 1.19 bits per heavy atom. The molecule has 2 aromatic carbocycles. The van der Waals surface area contributed by atoms with Crippen molar-refractivity contribution >= 4 is 17.4 Å². The lowest BCUT2D eigenvalue weighted by Crippen LogP contribution is -2.14. The maximum Gasteiger partial charge on any atom is 0.269 e. The van der Waals surface area contributed by atoms with Gasteiger partial charge in [-0.05, 0) is 18.2 Å². The number of benzene rings is 2. The summed E-state index contributed by atoms with van der Waals surface area (Å²) in [4.78, 5) is 10.8. The van der Waals surface area contributed by atoms with Crippen molar-refractivity contribution in [1.82, 2.24) is 0 Å². The number of nitrogens with zero attached hydrogens (tertiary/aromatic N) is 1.